The Labute approximate surface area is 83.1 Å². The zero-order chi connectivity index (χ0) is 8.97. The van der Waals surface area contributed by atoms with Gasteiger partial charge < -0.3 is 10.0 Å². The highest BCUT2D eigenvalue weighted by Crippen LogP contribution is 2.22. The minimum Gasteiger partial charge on any atom is -0.391 e. The molecule has 0 aromatic carbocycles. The van der Waals surface area contributed by atoms with Crippen molar-refractivity contribution in [3.8, 4) is 0 Å². The van der Waals surface area contributed by atoms with E-state index in [0.29, 0.717) is 5.33 Å². The fourth-order valence-electron chi connectivity index (χ4n) is 1.88. The smallest absolute Gasteiger partial charge is 0.0763 e. The molecule has 0 aliphatic heterocycles. The number of rotatable bonds is 4. The number of halogens is 1. The number of alkyl halides is 1. The molecule has 0 amide bonds. The Bertz CT molecular complexity index is 126. The van der Waals surface area contributed by atoms with Gasteiger partial charge in [0.2, 0.25) is 0 Å². The molecule has 1 N–H and O–H groups in total. The van der Waals surface area contributed by atoms with Gasteiger partial charge in [0.05, 0.1) is 6.10 Å². The minimum absolute atomic E-state index is 0.212. The molecular weight excluding hydrogens is 218 g/mol. The summed E-state index contributed by atoms with van der Waals surface area (Å²) in [6, 6.07) is 0.721. The van der Waals surface area contributed by atoms with Gasteiger partial charge in [0.15, 0.2) is 0 Å². The molecule has 1 aliphatic carbocycles. The molecule has 0 aromatic rings. The van der Waals surface area contributed by atoms with Gasteiger partial charge >= 0.3 is 0 Å². The zero-order valence-corrected chi connectivity index (χ0v) is 9.26. The summed E-state index contributed by atoms with van der Waals surface area (Å²) >= 11 is 3.28. The Morgan fingerprint density at radius 1 is 1.50 bits per heavy atom. The second kappa shape index (κ2) is 5.20. The molecule has 12 heavy (non-hydrogen) atoms. The SMILES string of the molecule is CN(CC(O)CBr)C1CCCC1. The lowest BCUT2D eigenvalue weighted by Gasteiger charge is -2.25. The maximum Gasteiger partial charge on any atom is 0.0763 e. The highest BCUT2D eigenvalue weighted by Gasteiger charge is 2.20. The summed E-state index contributed by atoms with van der Waals surface area (Å²) in [5.74, 6) is 0. The van der Waals surface area contributed by atoms with Gasteiger partial charge in [-0.2, -0.15) is 0 Å². The van der Waals surface area contributed by atoms with E-state index in [-0.39, 0.29) is 6.10 Å². The van der Waals surface area contributed by atoms with Crippen molar-refractivity contribution < 1.29 is 5.11 Å². The molecule has 0 aromatic heterocycles. The van der Waals surface area contributed by atoms with E-state index >= 15 is 0 Å². The van der Waals surface area contributed by atoms with Gasteiger partial charge in [-0.3, -0.25) is 0 Å². The Balaban J connectivity index is 2.21. The third kappa shape index (κ3) is 3.04. The summed E-state index contributed by atoms with van der Waals surface area (Å²) in [6.07, 6.45) is 5.13. The molecule has 1 aliphatic rings. The average molecular weight is 236 g/mol. The number of aliphatic hydroxyl groups excluding tert-OH is 1. The van der Waals surface area contributed by atoms with E-state index in [1.807, 2.05) is 0 Å². The zero-order valence-electron chi connectivity index (χ0n) is 7.67. The lowest BCUT2D eigenvalue weighted by atomic mass is 10.2. The third-order valence-electron chi connectivity index (χ3n) is 2.62. The van der Waals surface area contributed by atoms with E-state index in [0.717, 1.165) is 12.6 Å². The first-order valence-electron chi connectivity index (χ1n) is 4.68. The predicted molar refractivity (Wildman–Crippen MR) is 54.7 cm³/mol. The predicted octanol–water partition coefficient (Wildman–Crippen LogP) is 1.62. The molecule has 1 atom stereocenters. The van der Waals surface area contributed by atoms with Crippen molar-refractivity contribution in [1.82, 2.24) is 4.90 Å². The fourth-order valence-corrected chi connectivity index (χ4v) is 2.08. The van der Waals surface area contributed by atoms with Crippen molar-refractivity contribution in [2.45, 2.75) is 37.8 Å². The summed E-state index contributed by atoms with van der Waals surface area (Å²) in [4.78, 5) is 2.29. The van der Waals surface area contributed by atoms with Crippen LogP contribution >= 0.6 is 15.9 Å². The topological polar surface area (TPSA) is 23.5 Å². The lowest BCUT2D eigenvalue weighted by molar-refractivity contribution is 0.122. The van der Waals surface area contributed by atoms with Crippen molar-refractivity contribution in [3.05, 3.63) is 0 Å². The van der Waals surface area contributed by atoms with E-state index in [1.165, 1.54) is 25.7 Å². The Kier molecular flexibility index (Phi) is 4.54. The summed E-state index contributed by atoms with van der Waals surface area (Å²) in [7, 11) is 2.11. The molecule has 0 saturated heterocycles. The molecular formula is C9H18BrNO. The van der Waals surface area contributed by atoms with Crippen molar-refractivity contribution >= 4 is 15.9 Å². The van der Waals surface area contributed by atoms with E-state index in [2.05, 4.69) is 27.9 Å². The summed E-state index contributed by atoms with van der Waals surface area (Å²) in [5.41, 5.74) is 0. The van der Waals surface area contributed by atoms with Gasteiger partial charge in [-0.25, -0.2) is 0 Å². The first-order valence-corrected chi connectivity index (χ1v) is 5.80. The lowest BCUT2D eigenvalue weighted by Crippen LogP contribution is -2.36. The van der Waals surface area contributed by atoms with Crippen LogP contribution in [0.3, 0.4) is 0 Å². The third-order valence-corrected chi connectivity index (χ3v) is 3.37. The monoisotopic (exact) mass is 235 g/mol. The van der Waals surface area contributed by atoms with Crippen molar-refractivity contribution in [3.63, 3.8) is 0 Å². The molecule has 2 nitrogen and oxygen atoms in total. The van der Waals surface area contributed by atoms with Crippen LogP contribution in [0, 0.1) is 0 Å². The molecule has 1 fully saturated rings. The number of hydrogen-bond acceptors (Lipinski definition) is 2. The van der Waals surface area contributed by atoms with Gasteiger partial charge in [0.25, 0.3) is 0 Å². The van der Waals surface area contributed by atoms with E-state index in [1.54, 1.807) is 0 Å². The van der Waals surface area contributed by atoms with Crippen LogP contribution in [-0.4, -0.2) is 41.1 Å². The average Bonchev–Trinajstić information content (AvgIpc) is 2.56. The molecule has 1 unspecified atom stereocenters. The molecule has 0 bridgehead atoms. The maximum atomic E-state index is 9.40. The highest BCUT2D eigenvalue weighted by atomic mass is 79.9. The molecule has 0 spiro atoms. The summed E-state index contributed by atoms with van der Waals surface area (Å²) in [5, 5.41) is 10.1. The maximum absolute atomic E-state index is 9.40. The van der Waals surface area contributed by atoms with Crippen LogP contribution in [0.2, 0.25) is 0 Å². The van der Waals surface area contributed by atoms with Gasteiger partial charge in [-0.15, -0.1) is 0 Å². The molecule has 0 radical (unpaired) electrons. The van der Waals surface area contributed by atoms with E-state index in [9.17, 15) is 5.11 Å². The van der Waals surface area contributed by atoms with Crippen LogP contribution in [-0.2, 0) is 0 Å². The first-order chi connectivity index (χ1) is 5.74. The number of hydrogen-bond donors (Lipinski definition) is 1. The fraction of sp³-hybridized carbons (Fsp3) is 1.00. The van der Waals surface area contributed by atoms with Crippen molar-refractivity contribution in [1.29, 1.82) is 0 Å². The Hall–Kier alpha value is 0.400. The summed E-state index contributed by atoms with van der Waals surface area (Å²) in [6.45, 7) is 0.802. The second-order valence-electron chi connectivity index (χ2n) is 3.69. The largest absolute Gasteiger partial charge is 0.391 e. The normalized spacial score (nSPS) is 22.0. The van der Waals surface area contributed by atoms with Gasteiger partial charge in [0.1, 0.15) is 0 Å². The van der Waals surface area contributed by atoms with E-state index in [4.69, 9.17) is 0 Å². The standard InChI is InChI=1S/C9H18BrNO/c1-11(7-9(12)6-10)8-4-2-3-5-8/h8-9,12H,2-7H2,1H3. The van der Waals surface area contributed by atoms with Crippen molar-refractivity contribution in [2.24, 2.45) is 0 Å². The number of nitrogens with zero attached hydrogens (tertiary/aromatic N) is 1. The van der Waals surface area contributed by atoms with Gasteiger partial charge in [-0.05, 0) is 19.9 Å². The van der Waals surface area contributed by atoms with Crippen LogP contribution < -0.4 is 0 Å². The minimum atomic E-state index is -0.212. The molecule has 72 valence electrons. The quantitative estimate of drug-likeness (QED) is 0.750. The van der Waals surface area contributed by atoms with Crippen LogP contribution in [0.4, 0.5) is 0 Å². The van der Waals surface area contributed by atoms with Crippen LogP contribution in [0.15, 0.2) is 0 Å². The van der Waals surface area contributed by atoms with E-state index < -0.39 is 0 Å². The molecule has 3 heteroatoms. The molecule has 1 saturated carbocycles. The molecule has 1 rings (SSSR count). The van der Waals surface area contributed by atoms with Gasteiger partial charge in [-0.1, -0.05) is 28.8 Å². The second-order valence-corrected chi connectivity index (χ2v) is 4.33. The number of likely N-dealkylation sites (N-methyl/N-ethyl adjacent to an activating group) is 1. The highest BCUT2D eigenvalue weighted by molar-refractivity contribution is 9.09. The Morgan fingerprint density at radius 3 is 2.58 bits per heavy atom. The van der Waals surface area contributed by atoms with Crippen LogP contribution in [0.1, 0.15) is 25.7 Å². The van der Waals surface area contributed by atoms with Crippen molar-refractivity contribution in [2.75, 3.05) is 18.9 Å². The summed E-state index contributed by atoms with van der Waals surface area (Å²) < 4.78 is 0. The van der Waals surface area contributed by atoms with Crippen LogP contribution in [0.5, 0.6) is 0 Å². The number of aliphatic hydroxyl groups is 1. The first kappa shape index (κ1) is 10.5. The van der Waals surface area contributed by atoms with Crippen LogP contribution in [0.25, 0.3) is 0 Å². The molecule has 0 heterocycles. The van der Waals surface area contributed by atoms with Gasteiger partial charge in [0, 0.05) is 17.9 Å². The Morgan fingerprint density at radius 2 is 2.08 bits per heavy atom.